The number of imidazole rings is 1. The van der Waals surface area contributed by atoms with Gasteiger partial charge in [-0.05, 0) is 49.7 Å². The zero-order valence-electron chi connectivity index (χ0n) is 21.0. The van der Waals surface area contributed by atoms with Crippen molar-refractivity contribution in [2.24, 2.45) is 0 Å². The van der Waals surface area contributed by atoms with Crippen molar-refractivity contribution in [2.75, 3.05) is 18.5 Å². The van der Waals surface area contributed by atoms with E-state index in [9.17, 15) is 14.5 Å². The maximum atomic E-state index is 13.7. The van der Waals surface area contributed by atoms with Crippen LogP contribution in [0.15, 0.2) is 66.9 Å². The Labute approximate surface area is 222 Å². The van der Waals surface area contributed by atoms with Crippen molar-refractivity contribution in [1.82, 2.24) is 24.5 Å². The Bertz CT molecular complexity index is 1690. The van der Waals surface area contributed by atoms with Crippen molar-refractivity contribution in [3.05, 3.63) is 88.6 Å². The van der Waals surface area contributed by atoms with Gasteiger partial charge in [0.2, 0.25) is 11.8 Å². The number of halogens is 1. The molecule has 10 nitrogen and oxygen atoms in total. The highest BCUT2D eigenvalue weighted by Gasteiger charge is 2.31. The number of aromatic nitrogens is 5. The molecule has 196 valence electrons. The average Bonchev–Trinajstić information content (AvgIpc) is 3.52. The van der Waals surface area contributed by atoms with E-state index >= 15 is 0 Å². The minimum atomic E-state index is -0.444. The number of pyridine rings is 1. The fraction of sp³-hybridized carbons (Fsp3) is 0.214. The van der Waals surface area contributed by atoms with Gasteiger partial charge in [0, 0.05) is 42.2 Å². The third-order valence-electron chi connectivity index (χ3n) is 6.69. The maximum Gasteiger partial charge on any atom is 0.295 e. The van der Waals surface area contributed by atoms with Gasteiger partial charge in [0.15, 0.2) is 5.52 Å². The van der Waals surface area contributed by atoms with Crippen LogP contribution in [0, 0.1) is 15.9 Å². The van der Waals surface area contributed by atoms with Gasteiger partial charge < -0.3 is 14.6 Å². The number of nitrogens with one attached hydrogen (secondary N) is 1. The Morgan fingerprint density at radius 3 is 2.74 bits per heavy atom. The molecule has 0 spiro atoms. The van der Waals surface area contributed by atoms with Crippen LogP contribution in [0.5, 0.6) is 5.88 Å². The highest BCUT2D eigenvalue weighted by atomic mass is 19.1. The highest BCUT2D eigenvalue weighted by molar-refractivity contribution is 5.87. The molecule has 6 rings (SSSR count). The van der Waals surface area contributed by atoms with E-state index < -0.39 is 4.92 Å². The largest absolute Gasteiger partial charge is 0.475 e. The van der Waals surface area contributed by atoms with E-state index in [1.165, 1.54) is 18.2 Å². The van der Waals surface area contributed by atoms with Gasteiger partial charge in [-0.3, -0.25) is 10.1 Å². The molecular weight excluding hydrogens is 501 g/mol. The molecule has 0 saturated heterocycles. The highest BCUT2D eigenvalue weighted by Crippen LogP contribution is 2.39. The lowest BCUT2D eigenvalue weighted by Crippen LogP contribution is -2.16. The molecule has 1 aliphatic heterocycles. The molecule has 11 heteroatoms. The molecule has 0 bridgehead atoms. The first-order chi connectivity index (χ1) is 19.0. The van der Waals surface area contributed by atoms with Crippen molar-refractivity contribution >= 4 is 22.5 Å². The lowest BCUT2D eigenvalue weighted by Gasteiger charge is -2.18. The molecule has 5 aromatic rings. The molecule has 1 unspecified atom stereocenters. The van der Waals surface area contributed by atoms with Crippen LogP contribution in [0.4, 0.5) is 16.0 Å². The molecular formula is C28H24FN7O3. The molecule has 4 heterocycles. The first kappa shape index (κ1) is 24.4. The first-order valence-electron chi connectivity index (χ1n) is 12.6. The van der Waals surface area contributed by atoms with Crippen molar-refractivity contribution in [3.63, 3.8) is 0 Å². The molecule has 0 aliphatic carbocycles. The number of non-ortho nitro benzene ring substituents is 1. The number of para-hydroxylation sites is 1. The van der Waals surface area contributed by atoms with Gasteiger partial charge in [0.05, 0.1) is 28.0 Å². The van der Waals surface area contributed by atoms with Crippen molar-refractivity contribution in [3.8, 4) is 28.5 Å². The predicted molar refractivity (Wildman–Crippen MR) is 144 cm³/mol. The van der Waals surface area contributed by atoms with Crippen LogP contribution >= 0.6 is 0 Å². The molecule has 0 radical (unpaired) electrons. The zero-order valence-corrected chi connectivity index (χ0v) is 21.0. The molecule has 2 aromatic carbocycles. The number of nitro benzene ring substituents is 1. The summed E-state index contributed by atoms with van der Waals surface area (Å²) >= 11 is 0. The Kier molecular flexibility index (Phi) is 6.31. The van der Waals surface area contributed by atoms with Crippen LogP contribution in [-0.4, -0.2) is 42.6 Å². The van der Waals surface area contributed by atoms with Gasteiger partial charge in [-0.25, -0.2) is 24.3 Å². The standard InChI is InChI=1S/C28H24FN7O3/c1-2-30-28-31-15-14-21(32-28)27-26(18-6-9-19(29)10-7-18)33-23-12-11-20(35(23)27)16-39-24-13-8-17-4-3-5-22(36(37)38)25(17)34-24/h3-10,13-15,20H,2,11-12,16H2,1H3,(H,30,31,32). The molecule has 0 saturated carbocycles. The summed E-state index contributed by atoms with van der Waals surface area (Å²) in [5, 5.41) is 15.3. The molecule has 1 aliphatic rings. The summed E-state index contributed by atoms with van der Waals surface area (Å²) in [5.74, 6) is 1.37. The normalized spacial score (nSPS) is 14.4. The molecule has 1 atom stereocenters. The number of rotatable bonds is 8. The van der Waals surface area contributed by atoms with Gasteiger partial charge in [-0.2, -0.15) is 0 Å². The monoisotopic (exact) mass is 525 g/mol. The second kappa shape index (κ2) is 10.1. The van der Waals surface area contributed by atoms with Crippen LogP contribution in [0.2, 0.25) is 0 Å². The van der Waals surface area contributed by atoms with Crippen molar-refractivity contribution in [1.29, 1.82) is 0 Å². The minimum absolute atomic E-state index is 0.0674. The van der Waals surface area contributed by atoms with Crippen LogP contribution < -0.4 is 10.1 Å². The third kappa shape index (κ3) is 4.63. The smallest absolute Gasteiger partial charge is 0.295 e. The lowest BCUT2D eigenvalue weighted by atomic mass is 10.1. The fourth-order valence-corrected chi connectivity index (χ4v) is 4.94. The first-order valence-corrected chi connectivity index (χ1v) is 12.6. The summed E-state index contributed by atoms with van der Waals surface area (Å²) in [6, 6.07) is 16.3. The number of hydrogen-bond donors (Lipinski definition) is 1. The number of anilines is 1. The summed E-state index contributed by atoms with van der Waals surface area (Å²) in [6.07, 6.45) is 3.21. The Hall–Kier alpha value is -4.93. The van der Waals surface area contributed by atoms with E-state index in [4.69, 9.17) is 14.7 Å². The van der Waals surface area contributed by atoms with E-state index in [1.807, 2.05) is 13.0 Å². The quantitative estimate of drug-likeness (QED) is 0.205. The van der Waals surface area contributed by atoms with Crippen LogP contribution in [0.25, 0.3) is 33.5 Å². The molecule has 39 heavy (non-hydrogen) atoms. The van der Waals surface area contributed by atoms with E-state index in [2.05, 4.69) is 19.9 Å². The van der Waals surface area contributed by atoms with Gasteiger partial charge in [-0.1, -0.05) is 12.1 Å². The van der Waals surface area contributed by atoms with E-state index in [1.54, 1.807) is 42.6 Å². The van der Waals surface area contributed by atoms with Gasteiger partial charge in [0.25, 0.3) is 5.69 Å². The van der Waals surface area contributed by atoms with Gasteiger partial charge in [-0.15, -0.1) is 0 Å². The molecule has 0 amide bonds. The summed E-state index contributed by atoms with van der Waals surface area (Å²) < 4.78 is 21.9. The zero-order chi connectivity index (χ0) is 26.9. The average molecular weight is 526 g/mol. The topological polar surface area (TPSA) is 121 Å². The summed E-state index contributed by atoms with van der Waals surface area (Å²) in [7, 11) is 0. The number of aryl methyl sites for hydroxylation is 1. The van der Waals surface area contributed by atoms with E-state index in [0.717, 1.165) is 29.9 Å². The number of ether oxygens (including phenoxy) is 1. The maximum absolute atomic E-state index is 13.7. The number of hydrogen-bond acceptors (Lipinski definition) is 8. The fourth-order valence-electron chi connectivity index (χ4n) is 4.94. The summed E-state index contributed by atoms with van der Waals surface area (Å²) in [5.41, 5.74) is 3.18. The van der Waals surface area contributed by atoms with Crippen molar-refractivity contribution in [2.45, 2.75) is 25.8 Å². The van der Waals surface area contributed by atoms with Gasteiger partial charge >= 0.3 is 0 Å². The van der Waals surface area contributed by atoms with Crippen molar-refractivity contribution < 1.29 is 14.1 Å². The number of benzene rings is 2. The number of nitrogens with zero attached hydrogens (tertiary/aromatic N) is 6. The second-order valence-corrected chi connectivity index (χ2v) is 9.16. The number of nitro groups is 1. The van der Waals surface area contributed by atoms with E-state index in [0.29, 0.717) is 35.1 Å². The second-order valence-electron chi connectivity index (χ2n) is 9.16. The summed E-state index contributed by atoms with van der Waals surface area (Å²) in [6.45, 7) is 2.93. The lowest BCUT2D eigenvalue weighted by molar-refractivity contribution is -0.383. The Morgan fingerprint density at radius 2 is 1.95 bits per heavy atom. The third-order valence-corrected chi connectivity index (χ3v) is 6.69. The molecule has 3 aromatic heterocycles. The minimum Gasteiger partial charge on any atom is -0.475 e. The Morgan fingerprint density at radius 1 is 1.10 bits per heavy atom. The van der Waals surface area contributed by atoms with E-state index in [-0.39, 0.29) is 29.7 Å². The Balaban J connectivity index is 1.37. The SMILES string of the molecule is CCNc1nccc(-c2c(-c3ccc(F)cc3)nc3n2C(COc2ccc4cccc([N+](=O)[O-])c4n2)CC3)n1. The van der Waals surface area contributed by atoms with Crippen LogP contribution in [-0.2, 0) is 6.42 Å². The van der Waals surface area contributed by atoms with Gasteiger partial charge in [0.1, 0.15) is 18.2 Å². The predicted octanol–water partition coefficient (Wildman–Crippen LogP) is 5.60. The molecule has 1 N–H and O–H groups in total. The summed E-state index contributed by atoms with van der Waals surface area (Å²) in [4.78, 5) is 29.4. The number of fused-ring (bicyclic) bond motifs is 2. The molecule has 0 fully saturated rings. The van der Waals surface area contributed by atoms with Crippen LogP contribution in [0.3, 0.4) is 0 Å². The van der Waals surface area contributed by atoms with Crippen LogP contribution in [0.1, 0.15) is 25.2 Å².